The number of rotatable bonds is 8. The highest BCUT2D eigenvalue weighted by atomic mass is 32.2. The van der Waals surface area contributed by atoms with Crippen LogP contribution in [0.3, 0.4) is 0 Å². The summed E-state index contributed by atoms with van der Waals surface area (Å²) in [6.45, 7) is 0.624. The van der Waals surface area contributed by atoms with Gasteiger partial charge in [0.2, 0.25) is 5.79 Å². The van der Waals surface area contributed by atoms with Crippen LogP contribution in [-0.4, -0.2) is 97.2 Å². The van der Waals surface area contributed by atoms with Gasteiger partial charge in [-0.05, 0) is 49.7 Å². The van der Waals surface area contributed by atoms with E-state index >= 15 is 4.39 Å². The molecule has 2 aliphatic rings. The fourth-order valence-corrected chi connectivity index (χ4v) is 6.42. The molecule has 0 amide bonds. The minimum atomic E-state index is -3.44. The van der Waals surface area contributed by atoms with Crippen LogP contribution in [0.2, 0.25) is 0 Å². The molecule has 1 N–H and O–H groups in total. The Labute approximate surface area is 249 Å². The molecule has 0 aliphatic carbocycles. The standard InChI is InChI=1S/C27H33B3F3N4O3PS/c1-35-12-10-24-25(31,15-35)37(24)22-7-3-6-21-19(22)13-17(36(21)16-26(32,33)41)5-4-11-34-20-9-8-18(42(2,38)39)14-23(20)40-27(28,29)30/h3,6-9,13-14,24,34H,10-12,15-16,28-30,41H2,1-2H3/t24-,25-,37?/m1/s1. The van der Waals surface area contributed by atoms with Crippen molar-refractivity contribution in [1.29, 1.82) is 0 Å². The molecule has 220 valence electrons. The second-order valence-electron chi connectivity index (χ2n) is 12.1. The Bertz CT molecular complexity index is 1700. The minimum Gasteiger partial charge on any atom is -0.511 e. The number of sulfone groups is 1. The van der Waals surface area contributed by atoms with Crippen LogP contribution >= 0.6 is 9.24 Å². The summed E-state index contributed by atoms with van der Waals surface area (Å²) in [5.74, 6) is 4.90. The maximum atomic E-state index is 15.8. The lowest BCUT2D eigenvalue weighted by atomic mass is 9.52. The molecule has 5 rings (SSSR count). The van der Waals surface area contributed by atoms with Crippen molar-refractivity contribution in [3.8, 4) is 17.6 Å². The number of hydrogen-bond acceptors (Lipinski definition) is 6. The van der Waals surface area contributed by atoms with Gasteiger partial charge in [-0.15, -0.1) is 0 Å². The first kappa shape index (κ1) is 30.7. The molecular weight excluding hydrogens is 581 g/mol. The molecule has 7 nitrogen and oxygen atoms in total. The van der Waals surface area contributed by atoms with Crippen LogP contribution in [0.1, 0.15) is 12.1 Å². The lowest BCUT2D eigenvalue weighted by Crippen LogP contribution is -2.37. The molecule has 2 saturated heterocycles. The Morgan fingerprint density at radius 2 is 1.95 bits per heavy atom. The average molecular weight is 614 g/mol. The van der Waals surface area contributed by atoms with Crippen molar-refractivity contribution in [2.45, 2.75) is 40.7 Å². The molecular formula is C27H33B3F3N4O3PS. The third-order valence-electron chi connectivity index (χ3n) is 7.36. The molecule has 15 heteroatoms. The molecule has 3 aromatic rings. The zero-order valence-electron chi connectivity index (χ0n) is 24.3. The number of nitrogens with zero attached hydrogens (tertiary/aromatic N) is 3. The number of ether oxygens (including phenoxy) is 1. The van der Waals surface area contributed by atoms with Gasteiger partial charge < -0.3 is 24.4 Å². The molecule has 0 saturated carbocycles. The molecule has 0 spiro atoms. The van der Waals surface area contributed by atoms with Crippen molar-refractivity contribution in [2.24, 2.45) is 0 Å². The van der Waals surface area contributed by atoms with Gasteiger partial charge in [-0.25, -0.2) is 21.6 Å². The van der Waals surface area contributed by atoms with Gasteiger partial charge in [0.15, 0.2) is 9.84 Å². The molecule has 2 fully saturated rings. The van der Waals surface area contributed by atoms with Crippen LogP contribution in [-0.2, 0) is 16.4 Å². The van der Waals surface area contributed by atoms with Gasteiger partial charge in [0.1, 0.15) is 29.3 Å². The van der Waals surface area contributed by atoms with E-state index in [1.807, 2.05) is 41.6 Å². The monoisotopic (exact) mass is 614 g/mol. The van der Waals surface area contributed by atoms with Crippen LogP contribution in [0.4, 0.5) is 24.5 Å². The van der Waals surface area contributed by atoms with Gasteiger partial charge >= 0.3 is 0 Å². The number of likely N-dealkylation sites (N-methyl/N-ethyl adjacent to an activating group) is 1. The maximum absolute atomic E-state index is 15.8. The van der Waals surface area contributed by atoms with Crippen LogP contribution < -0.4 is 15.0 Å². The second-order valence-corrected chi connectivity index (χ2v) is 15.0. The maximum Gasteiger partial charge on any atom is 0.276 e. The number of aromatic nitrogens is 1. The highest BCUT2D eigenvalue weighted by Crippen LogP contribution is 2.52. The molecule has 0 bridgehead atoms. The van der Waals surface area contributed by atoms with Crippen LogP contribution in [0, 0.1) is 11.8 Å². The molecule has 2 aromatic carbocycles. The predicted molar refractivity (Wildman–Crippen MR) is 173 cm³/mol. The third-order valence-corrected chi connectivity index (χ3v) is 8.66. The van der Waals surface area contributed by atoms with Crippen LogP contribution in [0.15, 0.2) is 47.4 Å². The van der Waals surface area contributed by atoms with Crippen LogP contribution in [0.25, 0.3) is 10.9 Å². The summed E-state index contributed by atoms with van der Waals surface area (Å²) in [6, 6.07) is 11.4. The zero-order chi connectivity index (χ0) is 30.7. The molecule has 2 aliphatic heterocycles. The largest absolute Gasteiger partial charge is 0.511 e. The summed E-state index contributed by atoms with van der Waals surface area (Å²) in [4.78, 5) is 3.86. The molecule has 3 heterocycles. The number of halogens is 3. The Morgan fingerprint density at radius 1 is 1.21 bits per heavy atom. The van der Waals surface area contributed by atoms with Gasteiger partial charge in [-0.2, -0.15) is 0 Å². The van der Waals surface area contributed by atoms with E-state index in [4.69, 9.17) is 4.74 Å². The highest BCUT2D eigenvalue weighted by Gasteiger charge is 2.66. The van der Waals surface area contributed by atoms with Gasteiger partial charge in [0, 0.05) is 35.2 Å². The normalized spacial score (nSPS) is 21.0. The summed E-state index contributed by atoms with van der Waals surface area (Å²) >= 11 is 0. The number of hydrogen-bond donors (Lipinski definition) is 1. The fraction of sp³-hybridized carbons (Fsp3) is 0.407. The second kappa shape index (κ2) is 10.8. The van der Waals surface area contributed by atoms with Gasteiger partial charge in [0.25, 0.3) is 5.66 Å². The van der Waals surface area contributed by atoms with E-state index < -0.39 is 33.1 Å². The lowest BCUT2D eigenvalue weighted by Gasteiger charge is -2.24. The Morgan fingerprint density at radius 3 is 2.60 bits per heavy atom. The van der Waals surface area contributed by atoms with E-state index in [1.54, 1.807) is 38.4 Å². The lowest BCUT2D eigenvalue weighted by molar-refractivity contribution is 0.0851. The Kier molecular flexibility index (Phi) is 7.87. The van der Waals surface area contributed by atoms with Gasteiger partial charge in [-0.3, -0.25) is 0 Å². The first-order chi connectivity index (χ1) is 19.5. The molecule has 0 radical (unpaired) electrons. The number of likely N-dealkylation sites (tertiary alicyclic amines) is 1. The average Bonchev–Trinajstić information content (AvgIpc) is 3.31. The van der Waals surface area contributed by atoms with Gasteiger partial charge in [0.05, 0.1) is 47.5 Å². The summed E-state index contributed by atoms with van der Waals surface area (Å²) < 4.78 is 75.9. The molecule has 42 heavy (non-hydrogen) atoms. The first-order valence-corrected chi connectivity index (χ1v) is 16.1. The van der Waals surface area contributed by atoms with E-state index in [9.17, 15) is 17.2 Å². The van der Waals surface area contributed by atoms with Crippen molar-refractivity contribution < 1.29 is 26.3 Å². The first-order valence-electron chi connectivity index (χ1n) is 13.7. The summed E-state index contributed by atoms with van der Waals surface area (Å²) in [7, 11) is 5.60. The number of anilines is 2. The molecule has 1 aromatic heterocycles. The number of nitrogens with one attached hydrogen (secondary N) is 1. The quantitative estimate of drug-likeness (QED) is 0.135. The fourth-order valence-electron chi connectivity index (χ4n) is 5.60. The Hall–Kier alpha value is -2.74. The predicted octanol–water partition coefficient (Wildman–Crippen LogP) is 1.06. The molecule has 1 unspecified atom stereocenters. The summed E-state index contributed by atoms with van der Waals surface area (Å²) in [6.07, 6.45) is 1.82. The van der Waals surface area contributed by atoms with E-state index in [0.29, 0.717) is 46.7 Å². The van der Waals surface area contributed by atoms with Crippen molar-refractivity contribution in [1.82, 2.24) is 9.47 Å². The molecule has 3 atom stereocenters. The number of piperidine rings is 1. The van der Waals surface area contributed by atoms with E-state index in [1.165, 1.54) is 16.7 Å². The number of benzene rings is 2. The topological polar surface area (TPSA) is 66.6 Å². The van der Waals surface area contributed by atoms with Crippen molar-refractivity contribution >= 4 is 64.9 Å². The van der Waals surface area contributed by atoms with Crippen LogP contribution in [0.5, 0.6) is 5.75 Å². The van der Waals surface area contributed by atoms with Crippen molar-refractivity contribution in [2.75, 3.05) is 43.2 Å². The SMILES string of the molecule is BC(B)(B)Oc1cc(S(C)(=O)=O)ccc1NCC#Cc1cc2c(N3[C@@H]4CCN(C)C[C@]43F)cccc2n1CC(F)(F)P. The third kappa shape index (κ3) is 6.44. The zero-order valence-corrected chi connectivity index (χ0v) is 26.3. The number of fused-ring (bicyclic) bond motifs is 2. The van der Waals surface area contributed by atoms with E-state index in [2.05, 4.69) is 17.2 Å². The highest BCUT2D eigenvalue weighted by molar-refractivity contribution is 7.90. The van der Waals surface area contributed by atoms with E-state index in [-0.39, 0.29) is 17.5 Å². The summed E-state index contributed by atoms with van der Waals surface area (Å²) in [5.41, 5.74) is -0.903. The Balaban J connectivity index is 1.45. The van der Waals surface area contributed by atoms with Crippen molar-refractivity contribution in [3.05, 3.63) is 48.2 Å². The van der Waals surface area contributed by atoms with Crippen molar-refractivity contribution in [3.63, 3.8) is 0 Å². The minimum absolute atomic E-state index is 0.130. The number of alkyl halides is 3. The smallest absolute Gasteiger partial charge is 0.276 e. The summed E-state index contributed by atoms with van der Waals surface area (Å²) in [5, 5.41) is 3.25. The van der Waals surface area contributed by atoms with E-state index in [0.717, 1.165) is 12.8 Å². The van der Waals surface area contributed by atoms with Gasteiger partial charge in [-0.1, -0.05) is 21.2 Å².